The summed E-state index contributed by atoms with van der Waals surface area (Å²) in [5.41, 5.74) is 3.16. The Morgan fingerprint density at radius 1 is 1.25 bits per heavy atom. The van der Waals surface area contributed by atoms with Crippen LogP contribution in [0.4, 0.5) is 5.69 Å². The number of aryl methyl sites for hydroxylation is 2. The molecule has 3 rings (SSSR count). The summed E-state index contributed by atoms with van der Waals surface area (Å²) in [6, 6.07) is 6.16. The van der Waals surface area contributed by atoms with Crippen molar-refractivity contribution in [1.29, 1.82) is 0 Å². The van der Waals surface area contributed by atoms with Gasteiger partial charge >= 0.3 is 0 Å². The highest BCUT2D eigenvalue weighted by molar-refractivity contribution is 6.34. The Labute approximate surface area is 166 Å². The van der Waals surface area contributed by atoms with Gasteiger partial charge in [-0.05, 0) is 32.0 Å². The van der Waals surface area contributed by atoms with Crippen LogP contribution in [0.3, 0.4) is 0 Å². The van der Waals surface area contributed by atoms with Gasteiger partial charge < -0.3 is 10.2 Å². The smallest absolute Gasteiger partial charge is 0.266 e. The van der Waals surface area contributed by atoms with E-state index in [4.69, 9.17) is 11.6 Å². The lowest BCUT2D eigenvalue weighted by Gasteiger charge is -2.14. The van der Waals surface area contributed by atoms with Gasteiger partial charge in [-0.3, -0.25) is 19.5 Å². The molecule has 8 nitrogen and oxygen atoms in total. The molecule has 0 aliphatic rings. The van der Waals surface area contributed by atoms with Gasteiger partial charge in [0.25, 0.3) is 11.5 Å². The number of hydrogen-bond donors (Lipinski definition) is 2. The molecule has 0 aliphatic heterocycles. The first-order valence-corrected chi connectivity index (χ1v) is 8.94. The maximum Gasteiger partial charge on any atom is 0.266 e. The van der Waals surface area contributed by atoms with Crippen LogP contribution in [0, 0.1) is 13.8 Å². The standard InChI is InChI=1S/C19H20ClN5O3/c1-10-13(11(2)25-16(21-10)9-18(27)23-25)8-17(26)22-12-5-6-15(20)14(7-12)19(28)24(3)4/h5-7,9H,8H2,1-4H3,(H,22,26)(H,23,27). The third-order valence-electron chi connectivity index (χ3n) is 4.43. The number of H-pyrrole nitrogens is 1. The predicted molar refractivity (Wildman–Crippen MR) is 107 cm³/mol. The minimum absolute atomic E-state index is 0.0698. The van der Waals surface area contributed by atoms with Gasteiger partial charge in [-0.25, -0.2) is 9.50 Å². The van der Waals surface area contributed by atoms with Crippen molar-refractivity contribution in [3.63, 3.8) is 0 Å². The number of aromatic nitrogens is 3. The van der Waals surface area contributed by atoms with Gasteiger partial charge in [0.1, 0.15) is 0 Å². The van der Waals surface area contributed by atoms with Gasteiger partial charge in [0, 0.05) is 42.8 Å². The second kappa shape index (κ2) is 7.47. The summed E-state index contributed by atoms with van der Waals surface area (Å²) in [7, 11) is 3.26. The number of nitrogens with zero attached hydrogens (tertiary/aromatic N) is 3. The fourth-order valence-electron chi connectivity index (χ4n) is 2.98. The van der Waals surface area contributed by atoms with Crippen molar-refractivity contribution in [2.45, 2.75) is 20.3 Å². The van der Waals surface area contributed by atoms with E-state index in [0.717, 1.165) is 11.3 Å². The maximum absolute atomic E-state index is 12.6. The van der Waals surface area contributed by atoms with Crippen LogP contribution in [0.5, 0.6) is 0 Å². The Kier molecular flexibility index (Phi) is 5.24. The van der Waals surface area contributed by atoms with E-state index in [2.05, 4.69) is 15.4 Å². The molecule has 2 amide bonds. The second-order valence-corrected chi connectivity index (χ2v) is 7.10. The molecule has 0 atom stereocenters. The Morgan fingerprint density at radius 2 is 1.96 bits per heavy atom. The number of benzene rings is 1. The molecule has 0 bridgehead atoms. The highest BCUT2D eigenvalue weighted by Crippen LogP contribution is 2.22. The van der Waals surface area contributed by atoms with E-state index in [9.17, 15) is 14.4 Å². The summed E-state index contributed by atoms with van der Waals surface area (Å²) in [5.74, 6) is -0.522. The van der Waals surface area contributed by atoms with Gasteiger partial charge in [-0.2, -0.15) is 0 Å². The third kappa shape index (κ3) is 3.77. The number of rotatable bonds is 4. The first kappa shape index (κ1) is 19.6. The van der Waals surface area contributed by atoms with Gasteiger partial charge in [0.15, 0.2) is 5.65 Å². The van der Waals surface area contributed by atoms with Crippen LogP contribution < -0.4 is 10.9 Å². The number of halogens is 1. The number of carbonyl (C=O) groups excluding carboxylic acids is 2. The van der Waals surface area contributed by atoms with Crippen LogP contribution in [-0.2, 0) is 11.2 Å². The number of fused-ring (bicyclic) bond motifs is 1. The van der Waals surface area contributed by atoms with Crippen molar-refractivity contribution in [2.24, 2.45) is 0 Å². The summed E-state index contributed by atoms with van der Waals surface area (Å²) in [4.78, 5) is 42.1. The molecule has 0 saturated carbocycles. The fourth-order valence-corrected chi connectivity index (χ4v) is 3.18. The van der Waals surface area contributed by atoms with E-state index < -0.39 is 0 Å². The van der Waals surface area contributed by atoms with Crippen molar-refractivity contribution < 1.29 is 9.59 Å². The van der Waals surface area contributed by atoms with Crippen molar-refractivity contribution in [2.75, 3.05) is 19.4 Å². The molecule has 1 aromatic carbocycles. The molecule has 146 valence electrons. The fraction of sp³-hybridized carbons (Fsp3) is 0.263. The third-order valence-corrected chi connectivity index (χ3v) is 4.76. The van der Waals surface area contributed by atoms with Crippen LogP contribution >= 0.6 is 11.6 Å². The first-order valence-electron chi connectivity index (χ1n) is 8.56. The second-order valence-electron chi connectivity index (χ2n) is 6.69. The molecule has 0 spiro atoms. The maximum atomic E-state index is 12.6. The van der Waals surface area contributed by atoms with E-state index in [1.807, 2.05) is 6.92 Å². The molecular formula is C19H20ClN5O3. The summed E-state index contributed by atoms with van der Waals surface area (Å²) in [6.45, 7) is 3.61. The molecule has 2 heterocycles. The van der Waals surface area contributed by atoms with Crippen LogP contribution in [0.1, 0.15) is 27.3 Å². The highest BCUT2D eigenvalue weighted by atomic mass is 35.5. The summed E-state index contributed by atoms with van der Waals surface area (Å²) >= 11 is 6.10. The molecule has 0 saturated heterocycles. The minimum Gasteiger partial charge on any atom is -0.345 e. The zero-order valence-electron chi connectivity index (χ0n) is 16.0. The predicted octanol–water partition coefficient (Wildman–Crippen LogP) is 2.18. The van der Waals surface area contributed by atoms with Gasteiger partial charge in [0.2, 0.25) is 5.91 Å². The van der Waals surface area contributed by atoms with Crippen LogP contribution in [0.15, 0.2) is 29.1 Å². The van der Waals surface area contributed by atoms with E-state index in [-0.39, 0.29) is 23.8 Å². The molecule has 0 aliphatic carbocycles. The Bertz CT molecular complexity index is 1150. The number of hydrogen-bond acceptors (Lipinski definition) is 4. The zero-order valence-corrected chi connectivity index (χ0v) is 16.7. The molecule has 28 heavy (non-hydrogen) atoms. The SMILES string of the molecule is Cc1nc2cc(=O)[nH]n2c(C)c1CC(=O)Nc1ccc(Cl)c(C(=O)N(C)C)c1. The zero-order chi connectivity index (χ0) is 20.6. The molecule has 0 unspecified atom stereocenters. The molecule has 9 heteroatoms. The quantitative estimate of drug-likeness (QED) is 0.699. The van der Waals surface area contributed by atoms with E-state index in [1.54, 1.807) is 43.7 Å². The number of carbonyl (C=O) groups is 2. The number of anilines is 1. The van der Waals surface area contributed by atoms with Gasteiger partial charge in [-0.1, -0.05) is 11.6 Å². The van der Waals surface area contributed by atoms with E-state index in [0.29, 0.717) is 27.6 Å². The lowest BCUT2D eigenvalue weighted by molar-refractivity contribution is -0.115. The van der Waals surface area contributed by atoms with E-state index in [1.165, 1.54) is 11.0 Å². The normalized spacial score (nSPS) is 10.9. The average Bonchev–Trinajstić information content (AvgIpc) is 3.00. The molecule has 3 aromatic rings. The van der Waals surface area contributed by atoms with Crippen molar-refractivity contribution >= 4 is 34.7 Å². The molecule has 2 aromatic heterocycles. The van der Waals surface area contributed by atoms with Gasteiger partial charge in [0.05, 0.1) is 17.0 Å². The Hall–Kier alpha value is -3.13. The molecular weight excluding hydrogens is 382 g/mol. The van der Waals surface area contributed by atoms with Crippen molar-refractivity contribution in [1.82, 2.24) is 19.5 Å². The topological polar surface area (TPSA) is 99.6 Å². The van der Waals surface area contributed by atoms with Gasteiger partial charge in [-0.15, -0.1) is 0 Å². The largest absolute Gasteiger partial charge is 0.345 e. The number of amides is 2. The highest BCUT2D eigenvalue weighted by Gasteiger charge is 2.16. The summed E-state index contributed by atoms with van der Waals surface area (Å²) in [5, 5.41) is 5.76. The first-order chi connectivity index (χ1) is 13.2. The lowest BCUT2D eigenvalue weighted by Crippen LogP contribution is -2.22. The molecule has 0 radical (unpaired) electrons. The van der Waals surface area contributed by atoms with Crippen molar-refractivity contribution in [3.8, 4) is 0 Å². The molecule has 2 N–H and O–H groups in total. The minimum atomic E-state index is -0.271. The monoisotopic (exact) mass is 401 g/mol. The number of nitrogens with one attached hydrogen (secondary N) is 2. The van der Waals surface area contributed by atoms with Crippen LogP contribution in [0.25, 0.3) is 5.65 Å². The van der Waals surface area contributed by atoms with Crippen LogP contribution in [-0.4, -0.2) is 45.4 Å². The van der Waals surface area contributed by atoms with Crippen LogP contribution in [0.2, 0.25) is 5.02 Å². The summed E-state index contributed by atoms with van der Waals surface area (Å²) in [6.07, 6.45) is 0.0698. The number of aromatic amines is 1. The van der Waals surface area contributed by atoms with E-state index >= 15 is 0 Å². The Morgan fingerprint density at radius 3 is 2.64 bits per heavy atom. The Balaban J connectivity index is 1.85. The lowest BCUT2D eigenvalue weighted by atomic mass is 10.1. The van der Waals surface area contributed by atoms with Crippen molar-refractivity contribution in [3.05, 3.63) is 62.2 Å². The molecule has 0 fully saturated rings. The summed E-state index contributed by atoms with van der Waals surface area (Å²) < 4.78 is 1.56. The average molecular weight is 402 g/mol.